The molecule has 1 aliphatic heterocycles. The lowest BCUT2D eigenvalue weighted by Gasteiger charge is -2.31. The van der Waals surface area contributed by atoms with Gasteiger partial charge in [-0.15, -0.1) is 0 Å². The molecule has 2 aliphatic rings. The van der Waals surface area contributed by atoms with Crippen molar-refractivity contribution < 1.29 is 13.2 Å². The summed E-state index contributed by atoms with van der Waals surface area (Å²) in [5.74, 6) is -0.0442. The number of carbonyl (C=O) groups is 1. The van der Waals surface area contributed by atoms with E-state index in [4.69, 9.17) is 0 Å². The zero-order valence-corrected chi connectivity index (χ0v) is 10.0. The fraction of sp³-hybridized carbons (Fsp3) is 0.700. The largest absolute Gasteiger partial charge is 0.358 e. The van der Waals surface area contributed by atoms with Gasteiger partial charge in [0.1, 0.15) is 6.04 Å². The minimum Gasteiger partial charge on any atom is -0.358 e. The van der Waals surface area contributed by atoms with Crippen LogP contribution in [-0.2, 0) is 14.8 Å². The molecule has 2 bridgehead atoms. The maximum Gasteiger partial charge on any atom is 0.238 e. The maximum absolute atomic E-state index is 11.9. The highest BCUT2D eigenvalue weighted by Gasteiger charge is 2.53. The van der Waals surface area contributed by atoms with Crippen molar-refractivity contribution >= 4 is 15.9 Å². The van der Waals surface area contributed by atoms with E-state index in [1.54, 1.807) is 0 Å². The number of likely N-dealkylation sites (N-methyl/N-ethyl adjacent to an activating group) is 1. The Kier molecular flexibility index (Phi) is 2.79. The molecule has 3 atom stereocenters. The molecule has 1 saturated carbocycles. The lowest BCUT2D eigenvalue weighted by Crippen LogP contribution is -2.51. The van der Waals surface area contributed by atoms with Gasteiger partial charge in [-0.1, -0.05) is 6.58 Å². The Morgan fingerprint density at radius 2 is 2.19 bits per heavy atom. The van der Waals surface area contributed by atoms with E-state index in [-0.39, 0.29) is 17.9 Å². The molecule has 0 radical (unpaired) electrons. The highest BCUT2D eigenvalue weighted by atomic mass is 32.2. The van der Waals surface area contributed by atoms with Gasteiger partial charge in [0, 0.05) is 18.5 Å². The molecule has 90 valence electrons. The summed E-state index contributed by atoms with van der Waals surface area (Å²) >= 11 is 0. The fourth-order valence-electron chi connectivity index (χ4n) is 2.87. The van der Waals surface area contributed by atoms with Crippen LogP contribution in [-0.4, -0.2) is 37.8 Å². The lowest BCUT2D eigenvalue weighted by molar-refractivity contribution is -0.125. The van der Waals surface area contributed by atoms with E-state index in [2.05, 4.69) is 11.9 Å². The third-order valence-corrected chi connectivity index (χ3v) is 5.08. The van der Waals surface area contributed by atoms with Gasteiger partial charge in [-0.25, -0.2) is 8.42 Å². The molecule has 0 aromatic carbocycles. The molecule has 0 aromatic heterocycles. The standard InChI is InChI=1S/C10H16N2O3S/c1-3-16(14,15)12-8-5-4-7(6-8)9(12)10(13)11-2/h3,7-9H,1,4-6H2,2H3,(H,11,13)/t7-,8+,9-/m0/s1. The normalized spacial score (nSPS) is 33.9. The van der Waals surface area contributed by atoms with Crippen LogP contribution >= 0.6 is 0 Å². The smallest absolute Gasteiger partial charge is 0.238 e. The first-order valence-electron chi connectivity index (χ1n) is 5.39. The molecule has 2 rings (SSSR count). The van der Waals surface area contributed by atoms with Crippen LogP contribution in [0.15, 0.2) is 12.0 Å². The predicted molar refractivity (Wildman–Crippen MR) is 59.9 cm³/mol. The number of sulfonamides is 1. The molecule has 1 aliphatic carbocycles. The summed E-state index contributed by atoms with van der Waals surface area (Å²) in [5.41, 5.74) is 0. The number of hydrogen-bond donors (Lipinski definition) is 1. The minimum atomic E-state index is -3.50. The Balaban J connectivity index is 2.35. The highest BCUT2D eigenvalue weighted by Crippen LogP contribution is 2.44. The van der Waals surface area contributed by atoms with Crippen LogP contribution in [0, 0.1) is 5.92 Å². The first-order chi connectivity index (χ1) is 7.51. The maximum atomic E-state index is 11.9. The summed E-state index contributed by atoms with van der Waals surface area (Å²) in [5, 5.41) is 3.47. The Bertz CT molecular complexity index is 418. The molecule has 1 heterocycles. The number of fused-ring (bicyclic) bond motifs is 2. The number of rotatable bonds is 3. The molecule has 0 spiro atoms. The zero-order valence-electron chi connectivity index (χ0n) is 9.22. The van der Waals surface area contributed by atoms with Crippen molar-refractivity contribution in [2.24, 2.45) is 5.92 Å². The van der Waals surface area contributed by atoms with E-state index in [1.165, 1.54) is 11.4 Å². The van der Waals surface area contributed by atoms with Gasteiger partial charge in [0.15, 0.2) is 0 Å². The molecule has 1 amide bonds. The average Bonchev–Trinajstić information content (AvgIpc) is 2.87. The van der Waals surface area contributed by atoms with E-state index in [1.807, 2.05) is 0 Å². The average molecular weight is 244 g/mol. The molecular weight excluding hydrogens is 228 g/mol. The van der Waals surface area contributed by atoms with Crippen molar-refractivity contribution in [1.29, 1.82) is 0 Å². The zero-order chi connectivity index (χ0) is 11.9. The number of nitrogens with one attached hydrogen (secondary N) is 1. The number of hydrogen-bond acceptors (Lipinski definition) is 3. The minimum absolute atomic E-state index is 0.0182. The second-order valence-electron chi connectivity index (χ2n) is 4.33. The van der Waals surface area contributed by atoms with Crippen molar-refractivity contribution in [3.63, 3.8) is 0 Å². The molecule has 0 aromatic rings. The monoisotopic (exact) mass is 244 g/mol. The topological polar surface area (TPSA) is 66.5 Å². The van der Waals surface area contributed by atoms with Crippen molar-refractivity contribution in [2.75, 3.05) is 7.05 Å². The van der Waals surface area contributed by atoms with Crippen LogP contribution < -0.4 is 5.32 Å². The van der Waals surface area contributed by atoms with E-state index >= 15 is 0 Å². The molecule has 1 N–H and O–H groups in total. The van der Waals surface area contributed by atoms with Gasteiger partial charge in [-0.2, -0.15) is 4.31 Å². The predicted octanol–water partition coefficient (Wildman–Crippen LogP) is 0.0586. The van der Waals surface area contributed by atoms with E-state index in [0.29, 0.717) is 0 Å². The number of piperidine rings is 1. The Hall–Kier alpha value is -0.880. The Morgan fingerprint density at radius 3 is 2.75 bits per heavy atom. The van der Waals surface area contributed by atoms with Crippen LogP contribution in [0.1, 0.15) is 19.3 Å². The van der Waals surface area contributed by atoms with Gasteiger partial charge < -0.3 is 5.32 Å². The summed E-state index contributed by atoms with van der Waals surface area (Å²) in [6.45, 7) is 3.32. The van der Waals surface area contributed by atoms with Crippen molar-refractivity contribution in [3.05, 3.63) is 12.0 Å². The number of nitrogens with zero attached hydrogens (tertiary/aromatic N) is 1. The summed E-state index contributed by atoms with van der Waals surface area (Å²) in [6, 6.07) is -0.554. The summed E-state index contributed by atoms with van der Waals surface area (Å²) in [7, 11) is -1.96. The van der Waals surface area contributed by atoms with Gasteiger partial charge in [-0.05, 0) is 25.2 Å². The van der Waals surface area contributed by atoms with Crippen molar-refractivity contribution in [2.45, 2.75) is 31.3 Å². The van der Waals surface area contributed by atoms with Gasteiger partial charge in [-0.3, -0.25) is 4.79 Å². The Labute approximate surface area is 95.6 Å². The lowest BCUT2D eigenvalue weighted by atomic mass is 9.99. The molecule has 1 saturated heterocycles. The van der Waals surface area contributed by atoms with Crippen LogP contribution in [0.2, 0.25) is 0 Å². The summed E-state index contributed by atoms with van der Waals surface area (Å²) in [6.07, 6.45) is 2.59. The quantitative estimate of drug-likeness (QED) is 0.763. The molecule has 0 unspecified atom stereocenters. The van der Waals surface area contributed by atoms with E-state index in [0.717, 1.165) is 24.7 Å². The van der Waals surface area contributed by atoms with E-state index < -0.39 is 16.1 Å². The third kappa shape index (κ3) is 1.56. The highest BCUT2D eigenvalue weighted by molar-refractivity contribution is 7.92. The van der Waals surface area contributed by atoms with Crippen molar-refractivity contribution in [3.8, 4) is 0 Å². The first-order valence-corrected chi connectivity index (χ1v) is 6.89. The molecule has 2 fully saturated rings. The number of amides is 1. The molecular formula is C10H16N2O3S. The van der Waals surface area contributed by atoms with Gasteiger partial charge >= 0.3 is 0 Å². The fourth-order valence-corrected chi connectivity index (χ4v) is 4.24. The van der Waals surface area contributed by atoms with Gasteiger partial charge in [0.25, 0.3) is 0 Å². The van der Waals surface area contributed by atoms with Gasteiger partial charge in [0.05, 0.1) is 0 Å². The van der Waals surface area contributed by atoms with Crippen LogP contribution in [0.4, 0.5) is 0 Å². The second kappa shape index (κ2) is 3.85. The molecule has 16 heavy (non-hydrogen) atoms. The first kappa shape index (κ1) is 11.6. The van der Waals surface area contributed by atoms with Crippen LogP contribution in [0.25, 0.3) is 0 Å². The summed E-state index contributed by atoms with van der Waals surface area (Å²) in [4.78, 5) is 11.7. The number of carbonyl (C=O) groups excluding carboxylic acids is 1. The van der Waals surface area contributed by atoms with E-state index in [9.17, 15) is 13.2 Å². The summed E-state index contributed by atoms with van der Waals surface area (Å²) < 4.78 is 25.0. The Morgan fingerprint density at radius 1 is 1.50 bits per heavy atom. The van der Waals surface area contributed by atoms with Gasteiger partial charge in [0.2, 0.25) is 15.9 Å². The third-order valence-electron chi connectivity index (χ3n) is 3.55. The SMILES string of the molecule is C=CS(=O)(=O)N1[C@@H]2CC[C@@H](C2)[C@H]1C(=O)NC. The second-order valence-corrected chi connectivity index (χ2v) is 6.11. The van der Waals surface area contributed by atoms with Crippen molar-refractivity contribution in [1.82, 2.24) is 9.62 Å². The molecule has 6 heteroatoms. The molecule has 5 nitrogen and oxygen atoms in total. The van der Waals surface area contributed by atoms with Crippen LogP contribution in [0.3, 0.4) is 0 Å². The van der Waals surface area contributed by atoms with Crippen LogP contribution in [0.5, 0.6) is 0 Å².